The van der Waals surface area contributed by atoms with E-state index >= 15 is 0 Å². The Bertz CT molecular complexity index is 1960. The molecule has 310 valence electrons. The van der Waals surface area contributed by atoms with Crippen LogP contribution in [0.3, 0.4) is 0 Å². The van der Waals surface area contributed by atoms with Gasteiger partial charge in [-0.2, -0.15) is 0 Å². The number of benzene rings is 2. The van der Waals surface area contributed by atoms with Crippen LogP contribution in [0.15, 0.2) is 90.6 Å². The molecule has 0 saturated carbocycles. The van der Waals surface area contributed by atoms with Gasteiger partial charge in [0.15, 0.2) is 0 Å². The van der Waals surface area contributed by atoms with Gasteiger partial charge in [0, 0.05) is 49.5 Å². The van der Waals surface area contributed by atoms with Crippen LogP contribution in [0.1, 0.15) is 64.3 Å². The molecule has 3 heterocycles. The monoisotopic (exact) mass is 811 g/mol. The van der Waals surface area contributed by atoms with Gasteiger partial charge < -0.3 is 30.6 Å². The third-order valence-corrected chi connectivity index (χ3v) is 11.7. The number of urea groups is 1. The third kappa shape index (κ3) is 11.4. The van der Waals surface area contributed by atoms with E-state index in [0.29, 0.717) is 32.5 Å². The minimum Gasteiger partial charge on any atom is -0.465 e. The van der Waals surface area contributed by atoms with Gasteiger partial charge in [-0.3, -0.25) is 19.5 Å². The Balaban J connectivity index is 1.36. The Labute approximate surface area is 345 Å². The molecule has 4 aromatic rings. The van der Waals surface area contributed by atoms with Crippen LogP contribution in [0.4, 0.5) is 9.59 Å². The van der Waals surface area contributed by atoms with Gasteiger partial charge >= 0.3 is 12.1 Å². The second kappa shape index (κ2) is 19.9. The first-order chi connectivity index (χ1) is 27.7. The van der Waals surface area contributed by atoms with E-state index in [2.05, 4.69) is 15.6 Å². The van der Waals surface area contributed by atoms with Gasteiger partial charge in [-0.25, -0.2) is 14.6 Å². The molecule has 4 N–H and O–H groups in total. The summed E-state index contributed by atoms with van der Waals surface area (Å²) in [5.41, 5.74) is 2.73. The maximum absolute atomic E-state index is 14.5. The number of pyridine rings is 1. The molecular formula is C44H57N7O6S. The number of carbonyl (C=O) groups excluding carboxylic acids is 3. The maximum Gasteiger partial charge on any atom is 0.407 e. The van der Waals surface area contributed by atoms with Gasteiger partial charge in [-0.05, 0) is 53.9 Å². The smallest absolute Gasteiger partial charge is 0.407 e. The number of hydrogen-bond acceptors (Lipinski definition) is 8. The lowest BCUT2D eigenvalue weighted by Crippen LogP contribution is -2.58. The fourth-order valence-corrected chi connectivity index (χ4v) is 8.44. The minimum absolute atomic E-state index is 0.0732. The Morgan fingerprint density at radius 1 is 0.931 bits per heavy atom. The molecule has 0 radical (unpaired) electrons. The van der Waals surface area contributed by atoms with Crippen molar-refractivity contribution >= 4 is 35.3 Å². The van der Waals surface area contributed by atoms with Crippen LogP contribution in [-0.4, -0.2) is 109 Å². The number of nitrogens with zero attached hydrogens (tertiary/aromatic N) is 5. The van der Waals surface area contributed by atoms with Crippen molar-refractivity contribution in [2.45, 2.75) is 97.1 Å². The molecule has 58 heavy (non-hydrogen) atoms. The Kier molecular flexibility index (Phi) is 15.0. The summed E-state index contributed by atoms with van der Waals surface area (Å²) in [6.45, 7) is 10.5. The molecule has 2 aromatic carbocycles. The molecule has 0 spiro atoms. The van der Waals surface area contributed by atoms with E-state index < -0.39 is 47.7 Å². The zero-order valence-electron chi connectivity index (χ0n) is 34.2. The maximum atomic E-state index is 14.5. The average molecular weight is 812 g/mol. The third-order valence-electron chi connectivity index (χ3n) is 10.8. The summed E-state index contributed by atoms with van der Waals surface area (Å²) in [5, 5.41) is 30.8. The lowest BCUT2D eigenvalue weighted by atomic mass is 9.84. The second-order valence-corrected chi connectivity index (χ2v) is 17.1. The molecule has 6 atom stereocenters. The van der Waals surface area contributed by atoms with E-state index in [1.54, 1.807) is 43.0 Å². The number of likely N-dealkylation sites (N-methyl/N-ethyl adjacent to an activating group) is 1. The van der Waals surface area contributed by atoms with E-state index in [9.17, 15) is 29.4 Å². The molecule has 1 saturated heterocycles. The molecule has 14 heteroatoms. The fourth-order valence-electron chi connectivity index (χ4n) is 7.64. The van der Waals surface area contributed by atoms with Crippen molar-refractivity contribution in [3.8, 4) is 10.6 Å². The van der Waals surface area contributed by atoms with Gasteiger partial charge in [0.05, 0.1) is 24.4 Å². The topological polar surface area (TPSA) is 168 Å². The summed E-state index contributed by atoms with van der Waals surface area (Å²) >= 11 is 1.49. The van der Waals surface area contributed by atoms with Crippen LogP contribution in [0.5, 0.6) is 0 Å². The zero-order valence-corrected chi connectivity index (χ0v) is 35.1. The van der Waals surface area contributed by atoms with Crippen molar-refractivity contribution in [2.75, 3.05) is 20.1 Å². The predicted molar refractivity (Wildman–Crippen MR) is 225 cm³/mol. The number of aliphatic hydroxyl groups excluding tert-OH is 1. The van der Waals surface area contributed by atoms with Crippen LogP contribution in [0.25, 0.3) is 10.6 Å². The van der Waals surface area contributed by atoms with Gasteiger partial charge in [-0.15, -0.1) is 11.3 Å². The highest BCUT2D eigenvalue weighted by molar-refractivity contribution is 7.13. The van der Waals surface area contributed by atoms with Crippen molar-refractivity contribution in [1.82, 2.24) is 35.3 Å². The first-order valence-electron chi connectivity index (χ1n) is 19.9. The summed E-state index contributed by atoms with van der Waals surface area (Å²) in [6.07, 6.45) is 2.46. The summed E-state index contributed by atoms with van der Waals surface area (Å²) in [6, 6.07) is 19.4. The SMILES string of the molecule is CCC(C)[C@@H](C(=O)N[C@@H](Cc1ccccc1)C[C@@H](O)[C@H](Cc1ccccc1)NC(=O)[C@@H](N(C)C(=O)O)C(C)(C)C)N1CCN(Cc2csc(-c3cccnc3)n2)C1=O. The molecule has 1 unspecified atom stereocenters. The molecule has 13 nitrogen and oxygen atoms in total. The number of hydrogen-bond donors (Lipinski definition) is 4. The normalized spacial score (nSPS) is 16.2. The Morgan fingerprint density at radius 2 is 1.59 bits per heavy atom. The molecule has 0 aliphatic carbocycles. The molecule has 1 aliphatic heterocycles. The molecule has 1 fully saturated rings. The van der Waals surface area contributed by atoms with Gasteiger partial charge in [0.25, 0.3) is 0 Å². The van der Waals surface area contributed by atoms with Crippen molar-refractivity contribution in [1.29, 1.82) is 0 Å². The number of carboxylic acid groups (broad SMARTS) is 1. The number of aromatic nitrogens is 2. The number of aliphatic hydroxyl groups is 1. The van der Waals surface area contributed by atoms with Crippen molar-refractivity contribution in [3.05, 3.63) is 107 Å². The highest BCUT2D eigenvalue weighted by atomic mass is 32.1. The van der Waals surface area contributed by atoms with E-state index in [1.807, 2.05) is 92.0 Å². The lowest BCUT2D eigenvalue weighted by molar-refractivity contribution is -0.131. The van der Waals surface area contributed by atoms with Crippen molar-refractivity contribution in [3.63, 3.8) is 0 Å². The largest absolute Gasteiger partial charge is 0.465 e. The number of thiazole rings is 1. The number of amides is 5. The van der Waals surface area contributed by atoms with Crippen LogP contribution in [0.2, 0.25) is 0 Å². The number of nitrogens with one attached hydrogen (secondary N) is 2. The average Bonchev–Trinajstić information content (AvgIpc) is 3.81. The first-order valence-corrected chi connectivity index (χ1v) is 20.8. The van der Waals surface area contributed by atoms with Crippen LogP contribution in [0, 0.1) is 11.3 Å². The molecule has 0 bridgehead atoms. The Morgan fingerprint density at radius 3 is 2.17 bits per heavy atom. The minimum atomic E-state index is -1.24. The molecule has 1 aliphatic rings. The summed E-state index contributed by atoms with van der Waals surface area (Å²) < 4.78 is 0. The highest BCUT2D eigenvalue weighted by Gasteiger charge is 2.42. The van der Waals surface area contributed by atoms with Gasteiger partial charge in [0.1, 0.15) is 17.1 Å². The van der Waals surface area contributed by atoms with E-state index in [-0.39, 0.29) is 30.7 Å². The molecule has 2 aromatic heterocycles. The van der Waals surface area contributed by atoms with Gasteiger partial charge in [-0.1, -0.05) is 102 Å². The molecule has 5 amide bonds. The van der Waals surface area contributed by atoms with Crippen LogP contribution < -0.4 is 10.6 Å². The fraction of sp³-hybridized carbons (Fsp3) is 0.455. The standard InChI is InChI=1S/C44H57N7O6S/c1-7-29(2)37(51-22-21-50(42(51)55)27-34-28-58-41(47-34)32-19-14-20-45-26-32)39(53)46-33(23-30-15-10-8-11-16-30)25-36(52)35(24-31-17-12-9-13-18-31)48-40(54)38(44(3,4)5)49(6)43(56)57/h8-20,26,28-29,33,35-38,52H,7,21-25,27H2,1-6H3,(H,46,53)(H,48,54)(H,56,57)/t29?,33-,35-,36+,37-,38+/m0/s1. The number of rotatable bonds is 18. The quantitative estimate of drug-likeness (QED) is 0.0937. The van der Waals surface area contributed by atoms with Crippen molar-refractivity contribution in [2.24, 2.45) is 11.3 Å². The van der Waals surface area contributed by atoms with Crippen LogP contribution >= 0.6 is 11.3 Å². The number of carbonyl (C=O) groups is 4. The Hall–Kier alpha value is -5.34. The van der Waals surface area contributed by atoms with E-state index in [4.69, 9.17) is 4.98 Å². The van der Waals surface area contributed by atoms with Gasteiger partial charge in [0.2, 0.25) is 11.8 Å². The summed E-state index contributed by atoms with van der Waals surface area (Å²) in [5.74, 6) is -1.01. The van der Waals surface area contributed by atoms with E-state index in [1.165, 1.54) is 18.4 Å². The summed E-state index contributed by atoms with van der Waals surface area (Å²) in [7, 11) is 1.36. The van der Waals surface area contributed by atoms with E-state index in [0.717, 1.165) is 32.3 Å². The highest BCUT2D eigenvalue weighted by Crippen LogP contribution is 2.28. The zero-order chi connectivity index (χ0) is 42.0. The summed E-state index contributed by atoms with van der Waals surface area (Å²) in [4.78, 5) is 67.8. The predicted octanol–water partition coefficient (Wildman–Crippen LogP) is 6.09. The van der Waals surface area contributed by atoms with Crippen molar-refractivity contribution < 1.29 is 29.4 Å². The lowest BCUT2D eigenvalue weighted by Gasteiger charge is -2.37. The molecule has 5 rings (SSSR count). The second-order valence-electron chi connectivity index (χ2n) is 16.3. The molecular weight excluding hydrogens is 755 g/mol. The first kappa shape index (κ1) is 43.8. The van der Waals surface area contributed by atoms with Crippen LogP contribution in [-0.2, 0) is 29.0 Å².